The molecule has 0 saturated heterocycles. The Kier molecular flexibility index (Phi) is 2.14. The predicted molar refractivity (Wildman–Crippen MR) is 52.1 cm³/mol. The molecule has 0 aromatic carbocycles. The fourth-order valence-corrected chi connectivity index (χ4v) is 1.54. The Balaban J connectivity index is 2.06. The molecule has 1 aromatic heterocycles. The van der Waals surface area contributed by atoms with E-state index in [1.54, 1.807) is 11.7 Å². The third-order valence-corrected chi connectivity index (χ3v) is 2.64. The van der Waals surface area contributed by atoms with Crippen LogP contribution in [0.25, 0.3) is 0 Å². The maximum Gasteiger partial charge on any atom is 0.405 e. The number of nitrogens with zero attached hydrogens (tertiary/aromatic N) is 1. The third-order valence-electron chi connectivity index (χ3n) is 1.95. The van der Waals surface area contributed by atoms with Crippen LogP contribution < -0.4 is 5.32 Å². The molecule has 0 unspecified atom stereocenters. The molecule has 0 spiro atoms. The van der Waals surface area contributed by atoms with Crippen LogP contribution in [0.3, 0.4) is 0 Å². The van der Waals surface area contributed by atoms with Crippen LogP contribution >= 0.6 is 11.3 Å². The molecule has 4 nitrogen and oxygen atoms in total. The number of hydrogen-bond acceptors (Lipinski definition) is 3. The highest BCUT2D eigenvalue weighted by molar-refractivity contribution is 7.10. The van der Waals surface area contributed by atoms with Crippen molar-refractivity contribution >= 4 is 17.4 Å². The van der Waals surface area contributed by atoms with Gasteiger partial charge in [0.15, 0.2) is 0 Å². The van der Waals surface area contributed by atoms with Crippen molar-refractivity contribution in [1.29, 1.82) is 0 Å². The monoisotopic (exact) mass is 208 g/mol. The minimum Gasteiger partial charge on any atom is -0.465 e. The molecular weight excluding hydrogens is 200 g/mol. The van der Waals surface area contributed by atoms with Gasteiger partial charge in [-0.05, 0) is 12.8 Å². The molecule has 5 heteroatoms. The first-order chi connectivity index (χ1) is 6.70. The van der Waals surface area contributed by atoms with Crippen LogP contribution in [0.1, 0.15) is 17.7 Å². The summed E-state index contributed by atoms with van der Waals surface area (Å²) >= 11 is 1.45. The number of thiazole rings is 1. The molecule has 2 rings (SSSR count). The molecule has 2 N–H and O–H groups in total. The summed E-state index contributed by atoms with van der Waals surface area (Å²) < 4.78 is 0. The number of amides is 1. The van der Waals surface area contributed by atoms with Gasteiger partial charge in [0.2, 0.25) is 0 Å². The van der Waals surface area contributed by atoms with E-state index in [-0.39, 0.29) is 0 Å². The fraction of sp³-hybridized carbons (Fsp3) is 0.333. The molecule has 1 aromatic rings. The van der Waals surface area contributed by atoms with E-state index in [2.05, 4.69) is 22.1 Å². The summed E-state index contributed by atoms with van der Waals surface area (Å²) in [6, 6.07) is 0. The minimum absolute atomic E-state index is 0.490. The molecule has 1 saturated carbocycles. The van der Waals surface area contributed by atoms with Crippen molar-refractivity contribution in [2.45, 2.75) is 18.4 Å². The van der Waals surface area contributed by atoms with E-state index in [9.17, 15) is 4.79 Å². The van der Waals surface area contributed by atoms with Gasteiger partial charge >= 0.3 is 6.09 Å². The number of hydrogen-bond donors (Lipinski definition) is 2. The maximum absolute atomic E-state index is 10.4. The molecule has 1 aliphatic rings. The van der Waals surface area contributed by atoms with Crippen LogP contribution in [0, 0.1) is 11.8 Å². The highest BCUT2D eigenvalue weighted by atomic mass is 32.1. The van der Waals surface area contributed by atoms with E-state index in [0.29, 0.717) is 0 Å². The lowest BCUT2D eigenvalue weighted by atomic mass is 10.3. The Hall–Kier alpha value is -1.54. The van der Waals surface area contributed by atoms with Gasteiger partial charge in [0.1, 0.15) is 5.54 Å². The van der Waals surface area contributed by atoms with Crippen LogP contribution in [0.4, 0.5) is 4.79 Å². The Bertz CT molecular complexity index is 398. The van der Waals surface area contributed by atoms with Crippen LogP contribution in [0.2, 0.25) is 0 Å². The highest BCUT2D eigenvalue weighted by Gasteiger charge is 2.42. The number of rotatable bonds is 1. The molecule has 1 heterocycles. The lowest BCUT2D eigenvalue weighted by Crippen LogP contribution is -2.34. The van der Waals surface area contributed by atoms with Crippen molar-refractivity contribution in [3.05, 3.63) is 16.6 Å². The molecule has 0 radical (unpaired) electrons. The molecule has 1 aliphatic carbocycles. The van der Waals surface area contributed by atoms with Crippen molar-refractivity contribution in [1.82, 2.24) is 10.3 Å². The van der Waals surface area contributed by atoms with Gasteiger partial charge in [0.05, 0.1) is 16.6 Å². The topological polar surface area (TPSA) is 62.2 Å². The zero-order valence-corrected chi connectivity index (χ0v) is 8.10. The summed E-state index contributed by atoms with van der Waals surface area (Å²) in [5, 5.41) is 11.0. The molecule has 1 amide bonds. The van der Waals surface area contributed by atoms with Crippen LogP contribution in [-0.4, -0.2) is 21.7 Å². The largest absolute Gasteiger partial charge is 0.465 e. The normalized spacial score (nSPS) is 16.6. The van der Waals surface area contributed by atoms with Crippen molar-refractivity contribution < 1.29 is 9.90 Å². The smallest absolute Gasteiger partial charge is 0.405 e. The molecule has 0 aliphatic heterocycles. The quantitative estimate of drug-likeness (QED) is 0.684. The fourth-order valence-electron chi connectivity index (χ4n) is 1.07. The number of aromatic nitrogens is 1. The van der Waals surface area contributed by atoms with Crippen molar-refractivity contribution in [2.75, 3.05) is 0 Å². The average molecular weight is 208 g/mol. The van der Waals surface area contributed by atoms with Gasteiger partial charge in [-0.3, -0.25) is 4.98 Å². The molecule has 0 atom stereocenters. The van der Waals surface area contributed by atoms with Gasteiger partial charge in [-0.25, -0.2) is 4.79 Å². The summed E-state index contributed by atoms with van der Waals surface area (Å²) in [5.41, 5.74) is 1.21. The zero-order chi connectivity index (χ0) is 10.0. The molecule has 0 bridgehead atoms. The first-order valence-electron chi connectivity index (χ1n) is 4.13. The second kappa shape index (κ2) is 3.31. The van der Waals surface area contributed by atoms with Crippen LogP contribution in [0.15, 0.2) is 11.7 Å². The van der Waals surface area contributed by atoms with Crippen molar-refractivity contribution in [3.8, 4) is 11.8 Å². The summed E-state index contributed by atoms with van der Waals surface area (Å²) in [6.07, 6.45) is 2.26. The highest BCUT2D eigenvalue weighted by Crippen LogP contribution is 2.34. The van der Waals surface area contributed by atoms with Gasteiger partial charge in [-0.1, -0.05) is 11.8 Å². The van der Waals surface area contributed by atoms with E-state index in [4.69, 9.17) is 5.11 Å². The van der Waals surface area contributed by atoms with E-state index in [1.165, 1.54) is 11.3 Å². The first kappa shape index (κ1) is 9.03. The number of nitrogens with one attached hydrogen (secondary N) is 1. The number of carbonyl (C=O) groups is 1. The standard InChI is InChI=1S/C9H8N2O2S/c12-8(13)11-9(3-4-9)2-1-7-5-10-6-14-7/h5-6,11H,3-4H2,(H,12,13). The minimum atomic E-state index is -1.01. The van der Waals surface area contributed by atoms with Crippen LogP contribution in [0.5, 0.6) is 0 Å². The van der Waals surface area contributed by atoms with Gasteiger partial charge < -0.3 is 10.4 Å². The summed E-state index contributed by atoms with van der Waals surface area (Å²) in [7, 11) is 0. The second-order valence-corrected chi connectivity index (χ2v) is 4.01. The Labute approximate surface area is 85.0 Å². The SMILES string of the molecule is O=C(O)NC1(C#Cc2cncs2)CC1. The zero-order valence-electron chi connectivity index (χ0n) is 7.28. The van der Waals surface area contributed by atoms with Gasteiger partial charge in [0, 0.05) is 0 Å². The molecule has 1 fully saturated rings. The molecule has 72 valence electrons. The Morgan fingerprint density at radius 3 is 3.00 bits per heavy atom. The molecule has 14 heavy (non-hydrogen) atoms. The summed E-state index contributed by atoms with van der Waals surface area (Å²) in [5.74, 6) is 5.85. The van der Waals surface area contributed by atoms with E-state index in [1.807, 2.05) is 0 Å². The van der Waals surface area contributed by atoms with Gasteiger partial charge in [0.25, 0.3) is 0 Å². The lowest BCUT2D eigenvalue weighted by molar-refractivity contribution is 0.191. The summed E-state index contributed by atoms with van der Waals surface area (Å²) in [6.45, 7) is 0. The van der Waals surface area contributed by atoms with Gasteiger partial charge in [-0.2, -0.15) is 0 Å². The van der Waals surface area contributed by atoms with Crippen molar-refractivity contribution in [2.24, 2.45) is 0 Å². The van der Waals surface area contributed by atoms with E-state index >= 15 is 0 Å². The van der Waals surface area contributed by atoms with Crippen molar-refractivity contribution in [3.63, 3.8) is 0 Å². The summed E-state index contributed by atoms with van der Waals surface area (Å²) in [4.78, 5) is 15.2. The maximum atomic E-state index is 10.4. The first-order valence-corrected chi connectivity index (χ1v) is 5.01. The van der Waals surface area contributed by atoms with Crippen LogP contribution in [-0.2, 0) is 0 Å². The Morgan fingerprint density at radius 1 is 1.71 bits per heavy atom. The second-order valence-electron chi connectivity index (χ2n) is 3.13. The number of carboxylic acid groups (broad SMARTS) is 1. The predicted octanol–water partition coefficient (Wildman–Crippen LogP) is 1.29. The molecular formula is C9H8N2O2S. The Morgan fingerprint density at radius 2 is 2.50 bits per heavy atom. The third kappa shape index (κ3) is 2.03. The average Bonchev–Trinajstić information content (AvgIpc) is 2.68. The lowest BCUT2D eigenvalue weighted by Gasteiger charge is -2.05. The van der Waals surface area contributed by atoms with Gasteiger partial charge in [-0.15, -0.1) is 11.3 Å². The van der Waals surface area contributed by atoms with E-state index in [0.717, 1.165) is 17.7 Å². The van der Waals surface area contributed by atoms with E-state index < -0.39 is 11.6 Å².